The van der Waals surface area contributed by atoms with Crippen LogP contribution in [0.2, 0.25) is 0 Å². The monoisotopic (exact) mass is 240 g/mol. The summed E-state index contributed by atoms with van der Waals surface area (Å²) in [6.45, 7) is 0. The first kappa shape index (κ1) is 9.30. The van der Waals surface area contributed by atoms with E-state index < -0.39 is 0 Å². The third kappa shape index (κ3) is 1.98. The molecule has 1 aliphatic rings. The van der Waals surface area contributed by atoms with Gasteiger partial charge in [-0.05, 0) is 0 Å². The average Bonchev–Trinajstić information content (AvgIpc) is 2.20. The molecule has 0 atom stereocenters. The van der Waals surface area contributed by atoms with E-state index in [9.17, 15) is 0 Å². The van der Waals surface area contributed by atoms with Crippen molar-refractivity contribution in [3.8, 4) is 0 Å². The maximum atomic E-state index is 2.91. The molecule has 0 N–H and O–H groups in total. The molecule has 0 aliphatic heterocycles. The summed E-state index contributed by atoms with van der Waals surface area (Å²) in [5, 5.41) is 0. The summed E-state index contributed by atoms with van der Waals surface area (Å²) < 4.78 is 0.409. The van der Waals surface area contributed by atoms with Gasteiger partial charge in [0, 0.05) is 0 Å². The number of rotatable bonds is 1. The predicted octanol–water partition coefficient (Wildman–Crippen LogP) is 2.75. The Kier molecular flexibility index (Phi) is 2.76. The van der Waals surface area contributed by atoms with Gasteiger partial charge in [-0.1, -0.05) is 0 Å². The maximum absolute atomic E-state index is 2.91. The summed E-state index contributed by atoms with van der Waals surface area (Å²) in [6.07, 6.45) is 6.90. The first-order chi connectivity index (χ1) is 6.31. The SMILES string of the molecule is [SeH]C1(c2ccccc2)CCCCC1. The van der Waals surface area contributed by atoms with Crippen molar-refractivity contribution in [1.82, 2.24) is 0 Å². The van der Waals surface area contributed by atoms with Gasteiger partial charge < -0.3 is 0 Å². The molecule has 1 fully saturated rings. The molecule has 0 nitrogen and oxygen atoms in total. The van der Waals surface area contributed by atoms with E-state index in [4.69, 9.17) is 0 Å². The standard InChI is InChI=1S/C12H16Se/c13-12(9-5-2-6-10-12)11-7-3-1-4-8-11/h1,3-4,7-8,13H,2,5-6,9-10H2. The predicted molar refractivity (Wildman–Crippen MR) is 58.4 cm³/mol. The summed E-state index contributed by atoms with van der Waals surface area (Å²) in [6, 6.07) is 10.9. The van der Waals surface area contributed by atoms with Gasteiger partial charge in [0.15, 0.2) is 0 Å². The number of hydrogen-bond donors (Lipinski definition) is 0. The molecule has 0 saturated heterocycles. The van der Waals surface area contributed by atoms with Crippen LogP contribution in [-0.4, -0.2) is 16.0 Å². The molecule has 1 saturated carbocycles. The van der Waals surface area contributed by atoms with Crippen LogP contribution in [-0.2, 0) is 4.31 Å². The normalized spacial score (nSPS) is 21.3. The molecule has 0 aromatic heterocycles. The molecule has 0 heterocycles. The summed E-state index contributed by atoms with van der Waals surface area (Å²) in [5.74, 6) is 0. The van der Waals surface area contributed by atoms with E-state index in [0.29, 0.717) is 4.31 Å². The van der Waals surface area contributed by atoms with Crippen molar-refractivity contribution in [3.05, 3.63) is 35.9 Å². The van der Waals surface area contributed by atoms with Gasteiger partial charge in [0.2, 0.25) is 0 Å². The Morgan fingerprint density at radius 2 is 1.54 bits per heavy atom. The molecule has 1 aliphatic carbocycles. The average molecular weight is 239 g/mol. The summed E-state index contributed by atoms with van der Waals surface area (Å²) >= 11 is 2.91. The Labute approximate surface area is 88.6 Å². The van der Waals surface area contributed by atoms with Gasteiger partial charge in [-0.3, -0.25) is 0 Å². The first-order valence-corrected chi connectivity index (χ1v) is 6.03. The van der Waals surface area contributed by atoms with Crippen molar-refractivity contribution in [2.45, 2.75) is 36.4 Å². The molecule has 0 bridgehead atoms. The minimum absolute atomic E-state index is 0.409. The Bertz CT molecular complexity index is 260. The van der Waals surface area contributed by atoms with E-state index in [1.54, 1.807) is 0 Å². The van der Waals surface area contributed by atoms with Crippen LogP contribution in [0.1, 0.15) is 37.7 Å². The van der Waals surface area contributed by atoms with Gasteiger partial charge in [0.1, 0.15) is 0 Å². The van der Waals surface area contributed by atoms with Crippen LogP contribution in [0, 0.1) is 0 Å². The van der Waals surface area contributed by atoms with Crippen LogP contribution in [0.25, 0.3) is 0 Å². The summed E-state index contributed by atoms with van der Waals surface area (Å²) in [5.41, 5.74) is 1.51. The van der Waals surface area contributed by atoms with Crippen molar-refractivity contribution in [2.24, 2.45) is 0 Å². The van der Waals surface area contributed by atoms with Crippen LogP contribution < -0.4 is 0 Å². The van der Waals surface area contributed by atoms with E-state index in [-0.39, 0.29) is 0 Å². The Morgan fingerprint density at radius 1 is 0.923 bits per heavy atom. The molecular formula is C12H16Se. The minimum atomic E-state index is 0.409. The van der Waals surface area contributed by atoms with Crippen molar-refractivity contribution in [3.63, 3.8) is 0 Å². The van der Waals surface area contributed by atoms with Gasteiger partial charge in [-0.25, -0.2) is 0 Å². The van der Waals surface area contributed by atoms with Crippen molar-refractivity contribution >= 4 is 16.0 Å². The number of benzene rings is 1. The van der Waals surface area contributed by atoms with E-state index in [0.717, 1.165) is 0 Å². The molecular weight excluding hydrogens is 223 g/mol. The van der Waals surface area contributed by atoms with Gasteiger partial charge in [0.25, 0.3) is 0 Å². The van der Waals surface area contributed by atoms with E-state index >= 15 is 0 Å². The molecule has 70 valence electrons. The van der Waals surface area contributed by atoms with Crippen molar-refractivity contribution in [1.29, 1.82) is 0 Å². The van der Waals surface area contributed by atoms with Crippen LogP contribution >= 0.6 is 0 Å². The zero-order chi connectivity index (χ0) is 9.15. The van der Waals surface area contributed by atoms with Crippen LogP contribution in [0.4, 0.5) is 0 Å². The quantitative estimate of drug-likeness (QED) is 0.661. The van der Waals surface area contributed by atoms with E-state index in [2.05, 4.69) is 46.3 Å². The molecule has 1 aromatic carbocycles. The third-order valence-corrected chi connectivity index (χ3v) is 4.47. The zero-order valence-corrected chi connectivity index (χ0v) is 9.75. The second-order valence-electron chi connectivity index (χ2n) is 3.96. The van der Waals surface area contributed by atoms with Crippen LogP contribution in [0.3, 0.4) is 0 Å². The molecule has 0 amide bonds. The molecule has 1 heteroatoms. The van der Waals surface area contributed by atoms with E-state index in [1.807, 2.05) is 0 Å². The van der Waals surface area contributed by atoms with Gasteiger partial charge in [0.05, 0.1) is 0 Å². The molecule has 13 heavy (non-hydrogen) atoms. The molecule has 1 aromatic rings. The fourth-order valence-corrected chi connectivity index (χ4v) is 3.15. The first-order valence-electron chi connectivity index (χ1n) is 5.09. The fraction of sp³-hybridized carbons (Fsp3) is 0.500. The van der Waals surface area contributed by atoms with E-state index in [1.165, 1.54) is 37.7 Å². The second kappa shape index (κ2) is 3.86. The van der Waals surface area contributed by atoms with Crippen LogP contribution in [0.5, 0.6) is 0 Å². The molecule has 2 rings (SSSR count). The van der Waals surface area contributed by atoms with Gasteiger partial charge in [-0.15, -0.1) is 0 Å². The van der Waals surface area contributed by atoms with Crippen molar-refractivity contribution in [2.75, 3.05) is 0 Å². The summed E-state index contributed by atoms with van der Waals surface area (Å²) in [4.78, 5) is 0. The fourth-order valence-electron chi connectivity index (χ4n) is 2.17. The summed E-state index contributed by atoms with van der Waals surface area (Å²) in [7, 11) is 0. The Balaban J connectivity index is 2.23. The second-order valence-corrected chi connectivity index (χ2v) is 5.75. The Hall–Kier alpha value is -0.261. The Morgan fingerprint density at radius 3 is 2.15 bits per heavy atom. The topological polar surface area (TPSA) is 0 Å². The molecule has 0 spiro atoms. The molecule has 0 radical (unpaired) electrons. The van der Waals surface area contributed by atoms with Crippen molar-refractivity contribution < 1.29 is 0 Å². The zero-order valence-electron chi connectivity index (χ0n) is 7.87. The third-order valence-electron chi connectivity index (χ3n) is 2.99. The van der Waals surface area contributed by atoms with Gasteiger partial charge >= 0.3 is 88.3 Å². The molecule has 0 unspecified atom stereocenters. The number of hydrogen-bond acceptors (Lipinski definition) is 0. The van der Waals surface area contributed by atoms with Crippen LogP contribution in [0.15, 0.2) is 30.3 Å². The van der Waals surface area contributed by atoms with Gasteiger partial charge in [-0.2, -0.15) is 0 Å².